The number of fused-ring (bicyclic) bond motifs is 7. The molecule has 0 amide bonds. The summed E-state index contributed by atoms with van der Waals surface area (Å²) in [5.41, 5.74) is 17.8. The Morgan fingerprint density at radius 2 is 1.12 bits per heavy atom. The highest BCUT2D eigenvalue weighted by Crippen LogP contribution is 2.71. The van der Waals surface area contributed by atoms with Crippen molar-refractivity contribution in [2.45, 2.75) is 5.41 Å². The van der Waals surface area contributed by atoms with Crippen LogP contribution < -0.4 is 4.90 Å². The van der Waals surface area contributed by atoms with E-state index in [1.807, 2.05) is 0 Å². The van der Waals surface area contributed by atoms with Crippen LogP contribution in [0.25, 0.3) is 60.5 Å². The fourth-order valence-corrected chi connectivity index (χ4v) is 11.2. The molecule has 8 aromatic carbocycles. The third-order valence-corrected chi connectivity index (χ3v) is 13.7. The molecule has 1 spiro atoms. The monoisotopic (exact) mass is 750 g/mol. The molecule has 0 bridgehead atoms. The molecule has 2 heteroatoms. The maximum atomic E-state index is 2.46. The second-order valence-corrected chi connectivity index (χ2v) is 16.4. The molecule has 2 nitrogen and oxygen atoms in total. The van der Waals surface area contributed by atoms with Gasteiger partial charge in [0.15, 0.2) is 0 Å². The van der Waals surface area contributed by atoms with E-state index in [4.69, 9.17) is 0 Å². The largest absolute Gasteiger partial charge is 0.310 e. The minimum absolute atomic E-state index is 0.0354. The van der Waals surface area contributed by atoms with Gasteiger partial charge in [0.1, 0.15) is 0 Å². The van der Waals surface area contributed by atoms with Crippen LogP contribution in [-0.4, -0.2) is 4.57 Å². The van der Waals surface area contributed by atoms with Gasteiger partial charge in [-0.2, -0.15) is 0 Å². The minimum Gasteiger partial charge on any atom is -0.310 e. The Kier molecular flexibility index (Phi) is 6.80. The number of hydrogen-bond donors (Lipinski definition) is 0. The van der Waals surface area contributed by atoms with E-state index in [1.165, 1.54) is 77.2 Å². The van der Waals surface area contributed by atoms with E-state index in [-0.39, 0.29) is 5.41 Å². The van der Waals surface area contributed by atoms with Crippen LogP contribution in [-0.2, 0) is 5.41 Å². The average Bonchev–Trinajstić information content (AvgIpc) is 3.64. The van der Waals surface area contributed by atoms with Crippen LogP contribution in [0.5, 0.6) is 0 Å². The molecular formula is C57H38N2. The van der Waals surface area contributed by atoms with Crippen molar-refractivity contribution in [1.29, 1.82) is 0 Å². The molecule has 59 heavy (non-hydrogen) atoms. The van der Waals surface area contributed by atoms with Gasteiger partial charge < -0.3 is 9.47 Å². The lowest BCUT2D eigenvalue weighted by Crippen LogP contribution is -2.59. The maximum Gasteiger partial charge on any atom is 0.0541 e. The van der Waals surface area contributed by atoms with Crippen LogP contribution in [0.1, 0.15) is 11.1 Å². The highest BCUT2D eigenvalue weighted by atomic mass is 15.1. The SMILES string of the molecule is C1=CC2=CC=CC3C2C(=C1)C31c2cccc3c(N(c4ccc(-c5ccccc5)cc4)c4cccc(-c5ccc(-n6c7ccccc7c7ccccc76)cc5)c4)ccc1c23. The molecule has 1 fully saturated rings. The lowest BCUT2D eigenvalue weighted by Gasteiger charge is -2.64. The molecule has 9 aromatic rings. The number of nitrogens with zero attached hydrogens (tertiary/aromatic N) is 2. The van der Waals surface area contributed by atoms with Crippen molar-refractivity contribution in [3.8, 4) is 27.9 Å². The Hall–Kier alpha value is -7.42. The van der Waals surface area contributed by atoms with Gasteiger partial charge in [-0.25, -0.2) is 0 Å². The van der Waals surface area contributed by atoms with E-state index in [0.29, 0.717) is 11.8 Å². The summed E-state index contributed by atoms with van der Waals surface area (Å²) < 4.78 is 2.38. The first kappa shape index (κ1) is 32.6. The van der Waals surface area contributed by atoms with Crippen molar-refractivity contribution in [1.82, 2.24) is 4.57 Å². The zero-order valence-corrected chi connectivity index (χ0v) is 32.3. The smallest absolute Gasteiger partial charge is 0.0541 e. The zero-order valence-electron chi connectivity index (χ0n) is 32.3. The molecule has 4 aliphatic carbocycles. The Morgan fingerprint density at radius 3 is 1.92 bits per heavy atom. The number of aromatic nitrogens is 1. The molecule has 3 unspecified atom stereocenters. The fourth-order valence-electron chi connectivity index (χ4n) is 11.2. The molecule has 0 aliphatic heterocycles. The summed E-state index contributed by atoms with van der Waals surface area (Å²) in [4.78, 5) is 2.46. The molecule has 1 heterocycles. The first-order chi connectivity index (χ1) is 29.3. The van der Waals surface area contributed by atoms with Crippen molar-refractivity contribution in [3.05, 3.63) is 241 Å². The highest BCUT2D eigenvalue weighted by molar-refractivity contribution is 6.10. The Balaban J connectivity index is 0.932. The number of allylic oxidation sites excluding steroid dienone is 8. The average molecular weight is 751 g/mol. The topological polar surface area (TPSA) is 8.17 Å². The number of para-hydroxylation sites is 2. The van der Waals surface area contributed by atoms with E-state index < -0.39 is 0 Å². The van der Waals surface area contributed by atoms with Gasteiger partial charge in [0.05, 0.1) is 22.1 Å². The zero-order chi connectivity index (χ0) is 38.7. The summed E-state index contributed by atoms with van der Waals surface area (Å²) in [6.07, 6.45) is 14.0. The molecule has 1 saturated carbocycles. The number of hydrogen-bond acceptors (Lipinski definition) is 1. The van der Waals surface area contributed by atoms with Crippen molar-refractivity contribution < 1.29 is 0 Å². The molecule has 0 radical (unpaired) electrons. The fraction of sp³-hybridized carbons (Fsp3) is 0.0526. The van der Waals surface area contributed by atoms with Gasteiger partial charge in [-0.15, -0.1) is 0 Å². The van der Waals surface area contributed by atoms with Gasteiger partial charge >= 0.3 is 0 Å². The van der Waals surface area contributed by atoms with Crippen LogP contribution in [0.2, 0.25) is 0 Å². The van der Waals surface area contributed by atoms with E-state index in [9.17, 15) is 0 Å². The summed E-state index contributed by atoms with van der Waals surface area (Å²) in [7, 11) is 0. The Bertz CT molecular complexity index is 3260. The highest BCUT2D eigenvalue weighted by Gasteiger charge is 2.64. The second-order valence-electron chi connectivity index (χ2n) is 16.4. The summed E-state index contributed by atoms with van der Waals surface area (Å²) >= 11 is 0. The Labute approximate surface area is 343 Å². The third-order valence-electron chi connectivity index (χ3n) is 13.7. The van der Waals surface area contributed by atoms with Gasteiger partial charge in [0.2, 0.25) is 0 Å². The predicted octanol–water partition coefficient (Wildman–Crippen LogP) is 14.6. The normalized spacial score (nSPS) is 19.3. The predicted molar refractivity (Wildman–Crippen MR) is 246 cm³/mol. The molecule has 0 N–H and O–H groups in total. The van der Waals surface area contributed by atoms with Crippen LogP contribution in [0.15, 0.2) is 230 Å². The molecule has 276 valence electrons. The lowest BCUT2D eigenvalue weighted by molar-refractivity contribution is 0.233. The molecule has 4 aliphatic rings. The van der Waals surface area contributed by atoms with Crippen LogP contribution >= 0.6 is 0 Å². The van der Waals surface area contributed by atoms with Gasteiger partial charge in [-0.3, -0.25) is 0 Å². The lowest BCUT2D eigenvalue weighted by atomic mass is 9.38. The molecule has 13 rings (SSSR count). The Morgan fingerprint density at radius 1 is 0.475 bits per heavy atom. The third kappa shape index (κ3) is 4.46. The molecule has 1 aromatic heterocycles. The first-order valence-electron chi connectivity index (χ1n) is 20.8. The van der Waals surface area contributed by atoms with Gasteiger partial charge in [-0.05, 0) is 105 Å². The van der Waals surface area contributed by atoms with E-state index in [0.717, 1.165) is 17.1 Å². The molecule has 0 saturated heterocycles. The van der Waals surface area contributed by atoms with E-state index in [2.05, 4.69) is 228 Å². The van der Waals surface area contributed by atoms with Gasteiger partial charge in [0, 0.05) is 45.1 Å². The maximum absolute atomic E-state index is 2.46. The van der Waals surface area contributed by atoms with Crippen molar-refractivity contribution in [2.24, 2.45) is 11.8 Å². The van der Waals surface area contributed by atoms with Crippen molar-refractivity contribution in [3.63, 3.8) is 0 Å². The summed E-state index contributed by atoms with van der Waals surface area (Å²) in [6.45, 7) is 0. The minimum atomic E-state index is -0.0354. The molecular weight excluding hydrogens is 713 g/mol. The number of anilines is 3. The summed E-state index contributed by atoms with van der Waals surface area (Å²) in [6, 6.07) is 67.1. The van der Waals surface area contributed by atoms with Crippen LogP contribution in [0, 0.1) is 11.8 Å². The van der Waals surface area contributed by atoms with Crippen molar-refractivity contribution >= 4 is 49.6 Å². The van der Waals surface area contributed by atoms with E-state index in [1.54, 1.807) is 5.57 Å². The van der Waals surface area contributed by atoms with Crippen molar-refractivity contribution in [2.75, 3.05) is 4.90 Å². The van der Waals surface area contributed by atoms with Gasteiger partial charge in [-0.1, -0.05) is 164 Å². The number of benzene rings is 8. The van der Waals surface area contributed by atoms with Crippen LogP contribution in [0.3, 0.4) is 0 Å². The first-order valence-corrected chi connectivity index (χ1v) is 20.8. The molecule has 3 atom stereocenters. The van der Waals surface area contributed by atoms with E-state index >= 15 is 0 Å². The summed E-state index contributed by atoms with van der Waals surface area (Å²) in [5.74, 6) is 0.953. The quantitative estimate of drug-likeness (QED) is 0.164. The number of rotatable bonds is 6. The second kappa shape index (κ2) is 12.3. The standard InChI is InChI=1S/C57H38N2/c1-2-12-37(13-3-1)38-26-30-42(31-27-38)58(54-35-34-51-56-47(54)20-11-23-50(56)57(51)48-21-9-14-40-15-10-22-49(57)55(40)48)44-17-8-16-41(36-44)39-28-32-43(33-29-39)59-52-24-6-4-18-45(52)46-19-5-7-25-53(46)59/h1-36,48,55H. The van der Waals surface area contributed by atoms with Crippen LogP contribution in [0.4, 0.5) is 17.1 Å². The summed E-state index contributed by atoms with van der Waals surface area (Å²) in [5, 5.41) is 5.25. The van der Waals surface area contributed by atoms with Gasteiger partial charge in [0.25, 0.3) is 0 Å².